The van der Waals surface area contributed by atoms with Crippen molar-refractivity contribution in [2.75, 3.05) is 45.1 Å². The Hall–Kier alpha value is -4.63. The van der Waals surface area contributed by atoms with Crippen molar-refractivity contribution in [3.8, 4) is 0 Å². The molecule has 0 aliphatic carbocycles. The molecule has 9 heteroatoms. The lowest BCUT2D eigenvalue weighted by Gasteiger charge is -2.27. The number of carbonyl (C=O) groups is 2. The number of aromatic nitrogens is 2. The fourth-order valence-electron chi connectivity index (χ4n) is 4.61. The Morgan fingerprint density at radius 1 is 0.975 bits per heavy atom. The Bertz CT molecular complexity index is 1430. The minimum absolute atomic E-state index is 0.0467. The summed E-state index contributed by atoms with van der Waals surface area (Å²) in [7, 11) is 1.87. The standard InChI is InChI=1S/C31H37N7O2/c1-3-38(31(40)26-22-35-27-15-8-7-14-25(26)27)20-18-34-28(21-32)29(30(39)36-24-12-5-4-6-13-24)37(2)19-16-23-11-9-10-17-33-23/h4-15,17,22,34-35H,3,16,18-21,32H2,1-2H3,(H,36,39)/b29-28-. The highest BCUT2D eigenvalue weighted by Gasteiger charge is 2.21. The molecule has 0 saturated carbocycles. The van der Waals surface area contributed by atoms with E-state index in [1.165, 1.54) is 0 Å². The van der Waals surface area contributed by atoms with Crippen molar-refractivity contribution in [3.05, 3.63) is 108 Å². The third-order valence-electron chi connectivity index (χ3n) is 6.76. The van der Waals surface area contributed by atoms with Crippen molar-refractivity contribution in [3.63, 3.8) is 0 Å². The molecule has 208 valence electrons. The van der Waals surface area contributed by atoms with Gasteiger partial charge < -0.3 is 31.2 Å². The molecule has 4 rings (SSSR count). The predicted octanol–water partition coefficient (Wildman–Crippen LogP) is 3.60. The van der Waals surface area contributed by atoms with Crippen LogP contribution in [0.3, 0.4) is 0 Å². The van der Waals surface area contributed by atoms with Gasteiger partial charge in [0, 0.05) is 80.9 Å². The molecular weight excluding hydrogens is 502 g/mol. The minimum atomic E-state index is -0.259. The molecule has 5 N–H and O–H groups in total. The first-order valence-corrected chi connectivity index (χ1v) is 13.5. The number of carbonyl (C=O) groups excluding carboxylic acids is 2. The van der Waals surface area contributed by atoms with Crippen molar-refractivity contribution in [1.82, 2.24) is 25.1 Å². The van der Waals surface area contributed by atoms with E-state index in [0.29, 0.717) is 55.2 Å². The minimum Gasteiger partial charge on any atom is -0.384 e. The molecule has 0 aliphatic rings. The summed E-state index contributed by atoms with van der Waals surface area (Å²) in [6.45, 7) is 4.09. The third-order valence-corrected chi connectivity index (χ3v) is 6.76. The van der Waals surface area contributed by atoms with Crippen molar-refractivity contribution >= 4 is 28.4 Å². The van der Waals surface area contributed by atoms with Crippen LogP contribution < -0.4 is 16.4 Å². The monoisotopic (exact) mass is 539 g/mol. The van der Waals surface area contributed by atoms with E-state index in [2.05, 4.69) is 20.6 Å². The van der Waals surface area contributed by atoms with Gasteiger partial charge in [0.15, 0.2) is 0 Å². The van der Waals surface area contributed by atoms with Crippen molar-refractivity contribution < 1.29 is 9.59 Å². The van der Waals surface area contributed by atoms with Crippen LogP contribution in [-0.2, 0) is 11.2 Å². The number of nitrogens with zero attached hydrogens (tertiary/aromatic N) is 3. The highest BCUT2D eigenvalue weighted by atomic mass is 16.2. The molecule has 0 fully saturated rings. The molecule has 0 unspecified atom stereocenters. The summed E-state index contributed by atoms with van der Waals surface area (Å²) in [4.78, 5) is 38.1. The number of pyridine rings is 1. The van der Waals surface area contributed by atoms with Gasteiger partial charge in [-0.25, -0.2) is 0 Å². The van der Waals surface area contributed by atoms with E-state index in [0.717, 1.165) is 16.6 Å². The Balaban J connectivity index is 1.49. The molecule has 40 heavy (non-hydrogen) atoms. The first-order chi connectivity index (χ1) is 19.5. The quantitative estimate of drug-likeness (QED) is 0.193. The number of amides is 2. The number of anilines is 1. The number of hydrogen-bond donors (Lipinski definition) is 4. The van der Waals surface area contributed by atoms with Gasteiger partial charge in [0.25, 0.3) is 11.8 Å². The summed E-state index contributed by atoms with van der Waals surface area (Å²) < 4.78 is 0. The fraction of sp³-hybridized carbons (Fsp3) is 0.258. The van der Waals surface area contributed by atoms with Crippen LogP contribution in [0.1, 0.15) is 23.0 Å². The molecule has 0 radical (unpaired) electrons. The fourth-order valence-corrected chi connectivity index (χ4v) is 4.61. The number of hydrogen-bond acceptors (Lipinski definition) is 6. The highest BCUT2D eigenvalue weighted by molar-refractivity contribution is 6.06. The molecule has 4 aromatic rings. The summed E-state index contributed by atoms with van der Waals surface area (Å²) in [5.41, 5.74) is 10.4. The number of aromatic amines is 1. The molecule has 0 aliphatic heterocycles. The predicted molar refractivity (Wildman–Crippen MR) is 160 cm³/mol. The zero-order valence-corrected chi connectivity index (χ0v) is 23.1. The van der Waals surface area contributed by atoms with E-state index in [1.54, 1.807) is 17.3 Å². The maximum atomic E-state index is 13.5. The Labute approximate surface area is 235 Å². The molecule has 0 atom stereocenters. The number of rotatable bonds is 13. The van der Waals surface area contributed by atoms with Crippen LogP contribution in [0, 0.1) is 0 Å². The molecule has 2 aromatic carbocycles. The maximum absolute atomic E-state index is 13.5. The van der Waals surface area contributed by atoms with E-state index < -0.39 is 0 Å². The zero-order chi connectivity index (χ0) is 28.3. The van der Waals surface area contributed by atoms with Crippen LogP contribution >= 0.6 is 0 Å². The van der Waals surface area contributed by atoms with E-state index in [9.17, 15) is 9.59 Å². The Morgan fingerprint density at radius 3 is 2.45 bits per heavy atom. The number of nitrogens with one attached hydrogen (secondary N) is 3. The van der Waals surface area contributed by atoms with Gasteiger partial charge in [0.1, 0.15) is 5.70 Å². The van der Waals surface area contributed by atoms with Crippen LogP contribution in [0.2, 0.25) is 0 Å². The highest BCUT2D eigenvalue weighted by Crippen LogP contribution is 2.19. The van der Waals surface area contributed by atoms with E-state index in [1.807, 2.05) is 91.7 Å². The molecular formula is C31H37N7O2. The lowest BCUT2D eigenvalue weighted by atomic mass is 10.1. The third kappa shape index (κ3) is 7.06. The average Bonchev–Trinajstić information content (AvgIpc) is 3.42. The smallest absolute Gasteiger partial charge is 0.273 e. The molecule has 0 bridgehead atoms. The molecule has 2 heterocycles. The largest absolute Gasteiger partial charge is 0.384 e. The van der Waals surface area contributed by atoms with Crippen LogP contribution in [0.25, 0.3) is 10.9 Å². The molecule has 9 nitrogen and oxygen atoms in total. The van der Waals surface area contributed by atoms with Crippen LogP contribution in [0.4, 0.5) is 5.69 Å². The van der Waals surface area contributed by atoms with Crippen LogP contribution in [0.15, 0.2) is 96.6 Å². The number of nitrogens with two attached hydrogens (primary N) is 1. The van der Waals surface area contributed by atoms with Gasteiger partial charge in [-0.2, -0.15) is 0 Å². The first-order valence-electron chi connectivity index (χ1n) is 13.5. The SMILES string of the molecule is CCN(CCN/C(CN)=C(/C(=O)Nc1ccccc1)N(C)CCc1ccccn1)C(=O)c1c[nH]c2ccccc12. The normalized spacial score (nSPS) is 11.6. The van der Waals surface area contributed by atoms with Gasteiger partial charge in [0.05, 0.1) is 11.3 Å². The number of para-hydroxylation sites is 2. The van der Waals surface area contributed by atoms with Crippen LogP contribution in [0.5, 0.6) is 0 Å². The summed E-state index contributed by atoms with van der Waals surface area (Å²) in [5, 5.41) is 7.23. The van der Waals surface area contributed by atoms with Crippen molar-refractivity contribution in [2.45, 2.75) is 13.3 Å². The number of benzene rings is 2. The molecule has 2 amide bonds. The van der Waals surface area contributed by atoms with Crippen molar-refractivity contribution in [1.29, 1.82) is 0 Å². The summed E-state index contributed by atoms with van der Waals surface area (Å²) in [6, 6.07) is 22.9. The zero-order valence-electron chi connectivity index (χ0n) is 23.1. The first kappa shape index (κ1) is 28.4. The molecule has 0 saturated heterocycles. The second-order valence-electron chi connectivity index (χ2n) is 9.40. The topological polar surface area (TPSA) is 119 Å². The maximum Gasteiger partial charge on any atom is 0.273 e. The van der Waals surface area contributed by atoms with Gasteiger partial charge in [-0.15, -0.1) is 0 Å². The summed E-state index contributed by atoms with van der Waals surface area (Å²) >= 11 is 0. The van der Waals surface area contributed by atoms with Gasteiger partial charge in [-0.1, -0.05) is 42.5 Å². The van der Waals surface area contributed by atoms with Gasteiger partial charge >= 0.3 is 0 Å². The van der Waals surface area contributed by atoms with Crippen LogP contribution in [-0.4, -0.2) is 71.4 Å². The second-order valence-corrected chi connectivity index (χ2v) is 9.40. The van der Waals surface area contributed by atoms with Crippen molar-refractivity contribution in [2.24, 2.45) is 5.73 Å². The summed E-state index contributed by atoms with van der Waals surface area (Å²) in [6.07, 6.45) is 4.19. The van der Waals surface area contributed by atoms with Gasteiger partial charge in [-0.05, 0) is 37.3 Å². The summed E-state index contributed by atoms with van der Waals surface area (Å²) in [5.74, 6) is -0.306. The molecule has 2 aromatic heterocycles. The average molecular weight is 540 g/mol. The number of H-pyrrole nitrogens is 1. The number of fused-ring (bicyclic) bond motifs is 1. The lowest BCUT2D eigenvalue weighted by Crippen LogP contribution is -2.40. The van der Waals surface area contributed by atoms with Gasteiger partial charge in [-0.3, -0.25) is 14.6 Å². The second kappa shape index (κ2) is 14.0. The van der Waals surface area contributed by atoms with E-state index in [4.69, 9.17) is 5.73 Å². The Kier molecular flexibility index (Phi) is 9.90. The van der Waals surface area contributed by atoms with Gasteiger partial charge in [0.2, 0.25) is 0 Å². The Morgan fingerprint density at radius 2 is 1.73 bits per heavy atom. The molecule has 0 spiro atoms. The van der Waals surface area contributed by atoms with E-state index in [-0.39, 0.29) is 18.4 Å². The number of likely N-dealkylation sites (N-methyl/N-ethyl adjacent to an activating group) is 2. The van der Waals surface area contributed by atoms with E-state index >= 15 is 0 Å². The lowest BCUT2D eigenvalue weighted by molar-refractivity contribution is -0.114.